The van der Waals surface area contributed by atoms with E-state index >= 15 is 0 Å². The number of likely N-dealkylation sites (tertiary alicyclic amines) is 2. The van der Waals surface area contributed by atoms with Gasteiger partial charge in [-0.3, -0.25) is 9.59 Å². The molecule has 4 aliphatic rings. The van der Waals surface area contributed by atoms with Gasteiger partial charge in [-0.25, -0.2) is 9.59 Å². The van der Waals surface area contributed by atoms with E-state index in [1.807, 2.05) is 6.92 Å². The average Bonchev–Trinajstić information content (AvgIpc) is 3.41. The number of ketones is 1. The third-order valence-corrected chi connectivity index (χ3v) is 7.60. The van der Waals surface area contributed by atoms with Crippen LogP contribution in [0.25, 0.3) is 0 Å². The second kappa shape index (κ2) is 7.78. The normalized spacial score (nSPS) is 23.4. The number of rotatable bonds is 4. The molecule has 1 N–H and O–H groups in total. The van der Waals surface area contributed by atoms with E-state index < -0.39 is 17.5 Å². The Labute approximate surface area is 190 Å². The number of Topliss-reactive ketones (excluding diaryl/α,β-unsaturated/α-hetero) is 1. The summed E-state index contributed by atoms with van der Waals surface area (Å²) in [5.74, 6) is -1.16. The fraction of sp³-hybridized carbons (Fsp3) is 0.500. The highest BCUT2D eigenvalue weighted by Crippen LogP contribution is 2.42. The average molecular weight is 454 g/mol. The zero-order chi connectivity index (χ0) is 23.5. The number of piperidine rings is 1. The van der Waals surface area contributed by atoms with Crippen LogP contribution in [-0.2, 0) is 30.5 Å². The summed E-state index contributed by atoms with van der Waals surface area (Å²) < 4.78 is 10.1. The molecule has 0 aromatic heterocycles. The minimum absolute atomic E-state index is 0.0227. The number of hydrogen-bond acceptors (Lipinski definition) is 8. The lowest BCUT2D eigenvalue weighted by molar-refractivity contribution is -0.142. The van der Waals surface area contributed by atoms with Crippen molar-refractivity contribution >= 4 is 23.6 Å². The number of nitrogens with zero attached hydrogens (tertiary/aromatic N) is 2. The first-order valence-corrected chi connectivity index (χ1v) is 11.1. The number of carbonyl (C=O) groups is 4. The fourth-order valence-electron chi connectivity index (χ4n) is 5.39. The second-order valence-electron chi connectivity index (χ2n) is 9.24. The molecule has 1 aromatic rings. The Morgan fingerprint density at radius 1 is 1.03 bits per heavy atom. The van der Waals surface area contributed by atoms with Gasteiger partial charge in [0, 0.05) is 12.1 Å². The number of benzene rings is 1. The van der Waals surface area contributed by atoms with Crippen molar-refractivity contribution < 1.29 is 33.8 Å². The van der Waals surface area contributed by atoms with Crippen molar-refractivity contribution in [2.45, 2.75) is 39.4 Å². The Morgan fingerprint density at radius 3 is 2.39 bits per heavy atom. The number of carbonyl (C=O) groups excluding carboxylic acids is 4. The number of aliphatic hydroxyl groups excluding tert-OH is 1. The van der Waals surface area contributed by atoms with Crippen LogP contribution in [0.2, 0.25) is 0 Å². The predicted octanol–water partition coefficient (Wildman–Crippen LogP) is 1.02. The monoisotopic (exact) mass is 454 g/mol. The van der Waals surface area contributed by atoms with Crippen molar-refractivity contribution in [3.05, 3.63) is 45.7 Å². The molecule has 5 rings (SSSR count). The van der Waals surface area contributed by atoms with E-state index in [4.69, 9.17) is 9.47 Å². The lowest BCUT2D eigenvalue weighted by Gasteiger charge is -2.37. The highest BCUT2D eigenvalue weighted by Gasteiger charge is 2.56. The van der Waals surface area contributed by atoms with Crippen molar-refractivity contribution in [1.29, 1.82) is 0 Å². The summed E-state index contributed by atoms with van der Waals surface area (Å²) in [5, 5.41) is 10.9. The van der Waals surface area contributed by atoms with Crippen LogP contribution in [0.15, 0.2) is 23.4 Å². The van der Waals surface area contributed by atoms with Gasteiger partial charge in [0.25, 0.3) is 0 Å². The first kappa shape index (κ1) is 21.8. The van der Waals surface area contributed by atoms with E-state index in [1.165, 1.54) is 4.90 Å². The van der Waals surface area contributed by atoms with Gasteiger partial charge in [0.2, 0.25) is 5.91 Å². The molecular weight excluding hydrogens is 428 g/mol. The lowest BCUT2D eigenvalue weighted by atomic mass is 9.76. The Morgan fingerprint density at radius 2 is 1.73 bits per heavy atom. The molecule has 0 bridgehead atoms. The van der Waals surface area contributed by atoms with Crippen LogP contribution >= 0.6 is 0 Å². The quantitative estimate of drug-likeness (QED) is 0.530. The van der Waals surface area contributed by atoms with Crippen molar-refractivity contribution in [2.75, 3.05) is 32.8 Å². The summed E-state index contributed by atoms with van der Waals surface area (Å²) in [6, 6.07) is 3.46. The van der Waals surface area contributed by atoms with E-state index in [0.717, 1.165) is 16.7 Å². The standard InChI is InChI=1S/C24H26N2O7/c1-13-15(3-4-16-17(13)11-32-22(16)30)19(27)9-25-7-5-24(6-8-25)20(28)10-26(23(24)31)18-12-33-21(29)14(18)2/h3-4,19,27H,5-12H2,1-2H3/t19-/m0/s1. The molecule has 0 unspecified atom stereocenters. The van der Waals surface area contributed by atoms with E-state index in [2.05, 4.69) is 4.90 Å². The first-order valence-electron chi connectivity index (χ1n) is 11.1. The van der Waals surface area contributed by atoms with Gasteiger partial charge in [0.05, 0.1) is 29.5 Å². The molecule has 0 aliphatic carbocycles. The molecule has 2 fully saturated rings. The van der Waals surface area contributed by atoms with Crippen LogP contribution in [0.4, 0.5) is 0 Å². The maximum Gasteiger partial charge on any atom is 0.338 e. The van der Waals surface area contributed by atoms with Crippen LogP contribution in [0.5, 0.6) is 0 Å². The highest BCUT2D eigenvalue weighted by atomic mass is 16.5. The van der Waals surface area contributed by atoms with Crippen molar-refractivity contribution in [1.82, 2.24) is 9.80 Å². The van der Waals surface area contributed by atoms with Gasteiger partial charge < -0.3 is 24.4 Å². The van der Waals surface area contributed by atoms with Crippen molar-refractivity contribution in [2.24, 2.45) is 5.41 Å². The zero-order valence-electron chi connectivity index (χ0n) is 18.7. The summed E-state index contributed by atoms with van der Waals surface area (Å²) in [6.45, 7) is 5.07. The molecule has 9 nitrogen and oxygen atoms in total. The Bertz CT molecular complexity index is 1110. The molecule has 9 heteroatoms. The summed E-state index contributed by atoms with van der Waals surface area (Å²) in [6.07, 6.45) is -0.0119. The van der Waals surface area contributed by atoms with E-state index in [9.17, 15) is 24.3 Å². The van der Waals surface area contributed by atoms with Gasteiger partial charge in [-0.05, 0) is 57.0 Å². The van der Waals surface area contributed by atoms with Crippen molar-refractivity contribution in [3.8, 4) is 0 Å². The fourth-order valence-corrected chi connectivity index (χ4v) is 5.39. The third kappa shape index (κ3) is 3.29. The van der Waals surface area contributed by atoms with Crippen LogP contribution in [0, 0.1) is 12.3 Å². The molecule has 1 aromatic carbocycles. The molecule has 4 heterocycles. The second-order valence-corrected chi connectivity index (χ2v) is 9.24. The van der Waals surface area contributed by atoms with Gasteiger partial charge >= 0.3 is 11.9 Å². The molecular formula is C24H26N2O7. The highest BCUT2D eigenvalue weighted by molar-refractivity contribution is 6.14. The molecule has 1 spiro atoms. The number of aliphatic hydroxyl groups is 1. The number of fused-ring (bicyclic) bond motifs is 1. The lowest BCUT2D eigenvalue weighted by Crippen LogP contribution is -2.48. The Hall–Kier alpha value is -3.04. The maximum atomic E-state index is 13.3. The number of esters is 2. The summed E-state index contributed by atoms with van der Waals surface area (Å²) in [5.41, 5.74) is 2.77. The molecule has 174 valence electrons. The van der Waals surface area contributed by atoms with Gasteiger partial charge in [0.15, 0.2) is 5.78 Å². The van der Waals surface area contributed by atoms with E-state index in [0.29, 0.717) is 49.3 Å². The van der Waals surface area contributed by atoms with Crippen LogP contribution in [-0.4, -0.2) is 71.3 Å². The maximum absolute atomic E-state index is 13.3. The largest absolute Gasteiger partial charge is 0.457 e. The smallest absolute Gasteiger partial charge is 0.338 e. The predicted molar refractivity (Wildman–Crippen MR) is 114 cm³/mol. The van der Waals surface area contributed by atoms with Gasteiger partial charge in [-0.1, -0.05) is 6.07 Å². The molecule has 2 saturated heterocycles. The summed E-state index contributed by atoms with van der Waals surface area (Å²) in [4.78, 5) is 53.1. The molecule has 0 saturated carbocycles. The van der Waals surface area contributed by atoms with E-state index in [-0.39, 0.29) is 37.4 Å². The molecule has 1 amide bonds. The molecule has 0 radical (unpaired) electrons. The van der Waals surface area contributed by atoms with Crippen LogP contribution in [0.3, 0.4) is 0 Å². The molecule has 1 atom stereocenters. The van der Waals surface area contributed by atoms with Crippen molar-refractivity contribution in [3.63, 3.8) is 0 Å². The molecule has 33 heavy (non-hydrogen) atoms. The minimum Gasteiger partial charge on any atom is -0.457 e. The Kier molecular flexibility index (Phi) is 5.13. The van der Waals surface area contributed by atoms with Gasteiger partial charge in [-0.2, -0.15) is 0 Å². The Balaban J connectivity index is 1.26. The van der Waals surface area contributed by atoms with Crippen LogP contribution in [0.1, 0.15) is 52.9 Å². The van der Waals surface area contributed by atoms with Gasteiger partial charge in [-0.15, -0.1) is 0 Å². The number of amides is 1. The minimum atomic E-state index is -1.07. The number of cyclic esters (lactones) is 2. The van der Waals surface area contributed by atoms with Crippen LogP contribution < -0.4 is 0 Å². The van der Waals surface area contributed by atoms with Gasteiger partial charge in [0.1, 0.15) is 18.6 Å². The summed E-state index contributed by atoms with van der Waals surface area (Å²) >= 11 is 0. The first-order chi connectivity index (χ1) is 15.7. The third-order valence-electron chi connectivity index (χ3n) is 7.60. The van der Waals surface area contributed by atoms with E-state index in [1.54, 1.807) is 19.1 Å². The zero-order valence-corrected chi connectivity index (χ0v) is 18.7. The summed E-state index contributed by atoms with van der Waals surface area (Å²) in [7, 11) is 0. The number of hydrogen-bond donors (Lipinski definition) is 1. The number of ether oxygens (including phenoxy) is 2. The number of β-amino-alcohol motifs (C(OH)–C–C–N with tert-alkyl or cyclic N) is 1. The SMILES string of the molecule is CC1=C(N2CC(=O)C3(CCN(C[C@H](O)c4ccc5c(c4C)COC5=O)CC3)C2=O)COC1=O. The topological polar surface area (TPSA) is 113 Å². The molecule has 4 aliphatic heterocycles.